The minimum Gasteiger partial charge on any atom is -0.453 e. The van der Waals surface area contributed by atoms with Crippen LogP contribution in [0.5, 0.6) is 0 Å². The van der Waals surface area contributed by atoms with Crippen LogP contribution in [-0.4, -0.2) is 23.3 Å². The molecule has 1 amide bonds. The number of nitrogens with one attached hydrogen (secondary N) is 2. The molecule has 7 nitrogen and oxygen atoms in total. The molecule has 4 rings (SSSR count). The van der Waals surface area contributed by atoms with Crippen LogP contribution in [0, 0.1) is 0 Å². The highest BCUT2D eigenvalue weighted by molar-refractivity contribution is 6.10. The Hall–Kier alpha value is -3.84. The molecule has 1 atom stereocenters. The molecule has 7 heteroatoms. The van der Waals surface area contributed by atoms with Gasteiger partial charge in [0.05, 0.1) is 29.5 Å². The van der Waals surface area contributed by atoms with Gasteiger partial charge < -0.3 is 20.9 Å². The Morgan fingerprint density at radius 1 is 1.07 bits per heavy atom. The van der Waals surface area contributed by atoms with Crippen LogP contribution in [-0.2, 0) is 4.74 Å². The van der Waals surface area contributed by atoms with Crippen molar-refractivity contribution in [3.8, 4) is 0 Å². The molecule has 0 bridgehead atoms. The van der Waals surface area contributed by atoms with E-state index >= 15 is 0 Å². The van der Waals surface area contributed by atoms with Crippen molar-refractivity contribution < 1.29 is 14.6 Å². The first kappa shape index (κ1) is 18.5. The number of benzene rings is 3. The van der Waals surface area contributed by atoms with Gasteiger partial charge in [-0.25, -0.2) is 9.78 Å². The van der Waals surface area contributed by atoms with Crippen molar-refractivity contribution in [3.63, 3.8) is 0 Å². The van der Waals surface area contributed by atoms with Gasteiger partial charge in [0, 0.05) is 22.0 Å². The molecule has 0 aliphatic rings. The number of fused-ring (bicyclic) bond motifs is 2. The molecular formula is C22H20N4O3. The van der Waals surface area contributed by atoms with E-state index in [4.69, 9.17) is 5.73 Å². The zero-order chi connectivity index (χ0) is 20.4. The lowest BCUT2D eigenvalue weighted by Gasteiger charge is -2.19. The van der Waals surface area contributed by atoms with Crippen LogP contribution < -0.4 is 16.4 Å². The monoisotopic (exact) mass is 388 g/mol. The number of aliphatic hydroxyl groups is 1. The van der Waals surface area contributed by atoms with Crippen molar-refractivity contribution in [1.82, 2.24) is 4.98 Å². The number of hydrogen-bond donors (Lipinski definition) is 4. The fourth-order valence-electron chi connectivity index (χ4n) is 3.27. The van der Waals surface area contributed by atoms with Crippen LogP contribution in [0.4, 0.5) is 21.9 Å². The van der Waals surface area contributed by atoms with E-state index in [-0.39, 0.29) is 0 Å². The summed E-state index contributed by atoms with van der Waals surface area (Å²) < 4.78 is 4.61. The van der Waals surface area contributed by atoms with Crippen LogP contribution >= 0.6 is 0 Å². The van der Waals surface area contributed by atoms with Crippen LogP contribution in [0.1, 0.15) is 11.8 Å². The summed E-state index contributed by atoms with van der Waals surface area (Å²) in [6.45, 7) is 0. The number of nitrogen functional groups attached to an aromatic ring is 1. The Balaban J connectivity index is 1.76. The molecule has 1 aromatic heterocycles. The van der Waals surface area contributed by atoms with Crippen molar-refractivity contribution in [2.24, 2.45) is 0 Å². The zero-order valence-corrected chi connectivity index (χ0v) is 15.7. The van der Waals surface area contributed by atoms with E-state index in [1.807, 2.05) is 36.4 Å². The van der Waals surface area contributed by atoms with Crippen molar-refractivity contribution in [2.75, 3.05) is 23.5 Å². The molecule has 0 aliphatic carbocycles. The Bertz CT molecular complexity index is 1210. The number of nitrogens with zero attached hydrogens (tertiary/aromatic N) is 1. The van der Waals surface area contributed by atoms with E-state index < -0.39 is 12.3 Å². The third-order valence-electron chi connectivity index (χ3n) is 4.66. The molecule has 0 radical (unpaired) electrons. The molecule has 0 fully saturated rings. The summed E-state index contributed by atoms with van der Waals surface area (Å²) >= 11 is 0. The van der Waals surface area contributed by atoms with E-state index in [0.717, 1.165) is 22.0 Å². The van der Waals surface area contributed by atoms with E-state index in [9.17, 15) is 9.90 Å². The summed E-state index contributed by atoms with van der Waals surface area (Å²) in [7, 11) is 1.29. The second-order valence-electron chi connectivity index (χ2n) is 6.54. The second kappa shape index (κ2) is 7.65. The van der Waals surface area contributed by atoms with Crippen LogP contribution in [0.2, 0.25) is 0 Å². The largest absolute Gasteiger partial charge is 0.453 e. The standard InChI is InChI=1S/C22H20N4O3/c1-29-22(28)24-14-7-4-6-13(12-14)21(27)26-19-15-8-2-3-11-18(15)25-20-16(19)9-5-10-17(20)23/h2-12,21,27H,23H2,1H3,(H,24,28)(H,25,26). The summed E-state index contributed by atoms with van der Waals surface area (Å²) in [6, 6.07) is 20.1. The number of aromatic nitrogens is 1. The van der Waals surface area contributed by atoms with Gasteiger partial charge in [0.15, 0.2) is 6.23 Å². The number of hydrogen-bond acceptors (Lipinski definition) is 6. The van der Waals surface area contributed by atoms with Crippen molar-refractivity contribution in [1.29, 1.82) is 0 Å². The van der Waals surface area contributed by atoms with Gasteiger partial charge in [0.2, 0.25) is 0 Å². The number of carbonyl (C=O) groups excluding carboxylic acids is 1. The van der Waals surface area contributed by atoms with Gasteiger partial charge >= 0.3 is 6.09 Å². The number of amides is 1. The van der Waals surface area contributed by atoms with Gasteiger partial charge in [0.25, 0.3) is 0 Å². The van der Waals surface area contributed by atoms with E-state index in [0.29, 0.717) is 22.5 Å². The van der Waals surface area contributed by atoms with Gasteiger partial charge in [-0.15, -0.1) is 0 Å². The third kappa shape index (κ3) is 3.63. The number of nitrogens with two attached hydrogens (primary N) is 1. The van der Waals surface area contributed by atoms with E-state index in [2.05, 4.69) is 20.4 Å². The van der Waals surface area contributed by atoms with Gasteiger partial charge in [-0.1, -0.05) is 42.5 Å². The lowest BCUT2D eigenvalue weighted by Crippen LogP contribution is -2.13. The minimum atomic E-state index is -1.02. The van der Waals surface area contributed by atoms with Gasteiger partial charge in [-0.05, 0) is 24.3 Å². The second-order valence-corrected chi connectivity index (χ2v) is 6.54. The fraction of sp³-hybridized carbons (Fsp3) is 0.0909. The molecule has 0 aliphatic heterocycles. The molecule has 1 unspecified atom stereocenters. The van der Waals surface area contributed by atoms with Crippen LogP contribution in [0.3, 0.4) is 0 Å². The molecule has 146 valence electrons. The van der Waals surface area contributed by atoms with Crippen molar-refractivity contribution in [2.45, 2.75) is 6.23 Å². The molecule has 5 N–H and O–H groups in total. The average molecular weight is 388 g/mol. The molecule has 29 heavy (non-hydrogen) atoms. The van der Waals surface area contributed by atoms with Crippen molar-refractivity contribution in [3.05, 3.63) is 72.3 Å². The summed E-state index contributed by atoms with van der Waals surface area (Å²) in [4.78, 5) is 16.1. The maximum absolute atomic E-state index is 11.4. The smallest absolute Gasteiger partial charge is 0.411 e. The number of ether oxygens (including phenoxy) is 1. The van der Waals surface area contributed by atoms with Gasteiger partial charge in [-0.2, -0.15) is 0 Å². The molecular weight excluding hydrogens is 368 g/mol. The molecule has 0 spiro atoms. The highest BCUT2D eigenvalue weighted by Gasteiger charge is 2.15. The lowest BCUT2D eigenvalue weighted by atomic mass is 10.1. The quantitative estimate of drug-likeness (QED) is 0.236. The number of para-hydroxylation sites is 2. The SMILES string of the molecule is COC(=O)Nc1cccc(C(O)Nc2c3ccccc3nc3c(N)cccc23)c1. The highest BCUT2D eigenvalue weighted by atomic mass is 16.5. The predicted molar refractivity (Wildman–Crippen MR) is 115 cm³/mol. The first-order chi connectivity index (χ1) is 14.1. The van der Waals surface area contributed by atoms with E-state index in [1.54, 1.807) is 30.3 Å². The molecule has 0 saturated heterocycles. The molecule has 4 aromatic rings. The Morgan fingerprint density at radius 3 is 2.66 bits per heavy atom. The number of anilines is 3. The first-order valence-corrected chi connectivity index (χ1v) is 9.03. The normalized spacial score (nSPS) is 11.9. The third-order valence-corrected chi connectivity index (χ3v) is 4.66. The summed E-state index contributed by atoms with van der Waals surface area (Å²) in [6.07, 6.45) is -1.60. The number of methoxy groups -OCH3 is 1. The number of rotatable bonds is 4. The topological polar surface area (TPSA) is 110 Å². The first-order valence-electron chi connectivity index (χ1n) is 9.03. The Labute approximate surface area is 167 Å². The lowest BCUT2D eigenvalue weighted by molar-refractivity contribution is 0.187. The number of aliphatic hydroxyl groups excluding tert-OH is 1. The predicted octanol–water partition coefficient (Wildman–Crippen LogP) is 4.25. The van der Waals surface area contributed by atoms with Gasteiger partial charge in [0.1, 0.15) is 0 Å². The average Bonchev–Trinajstić information content (AvgIpc) is 2.74. The summed E-state index contributed by atoms with van der Waals surface area (Å²) in [5, 5.41) is 18.3. The zero-order valence-electron chi connectivity index (χ0n) is 15.7. The van der Waals surface area contributed by atoms with Crippen LogP contribution in [0.15, 0.2) is 66.7 Å². The summed E-state index contributed by atoms with van der Waals surface area (Å²) in [5.74, 6) is 0. The fourth-order valence-corrected chi connectivity index (χ4v) is 3.27. The highest BCUT2D eigenvalue weighted by Crippen LogP contribution is 2.35. The number of pyridine rings is 1. The summed E-state index contributed by atoms with van der Waals surface area (Å²) in [5.41, 5.74) is 9.97. The van der Waals surface area contributed by atoms with Crippen molar-refractivity contribution >= 4 is 45.0 Å². The molecule has 0 saturated carbocycles. The van der Waals surface area contributed by atoms with Gasteiger partial charge in [-0.3, -0.25) is 5.32 Å². The van der Waals surface area contributed by atoms with Crippen LogP contribution in [0.25, 0.3) is 21.8 Å². The maximum atomic E-state index is 11.4. The Kier molecular flexibility index (Phi) is 4.88. The minimum absolute atomic E-state index is 0.517. The molecule has 3 aromatic carbocycles. The number of carbonyl (C=O) groups is 1. The van der Waals surface area contributed by atoms with E-state index in [1.165, 1.54) is 7.11 Å². The molecule has 1 heterocycles. The maximum Gasteiger partial charge on any atom is 0.411 e. The Morgan fingerprint density at radius 2 is 1.83 bits per heavy atom.